The predicted octanol–water partition coefficient (Wildman–Crippen LogP) is 3.60. The number of carbonyl (C=O) groups excluding carboxylic acids is 3. The standard InChI is InChI=1S/C34H34FN5O8/c1-14(2)24-31-40-25(30-37-22(13-46-30)32(44)45-5)27(48-31)34-18-8-7-17(35)12-20(18)38-33(34)47-23-9-6-16(10-19(23)34)11-21(28(42)39-24)36-29(43)26(41)15(3)4/h6-10,12-15,21,24,26,33,38,41H,11H2,1-5H3,(H,36,43)(H,39,42)/t21-,24?,26-,33?,34?/m0/s1. The van der Waals surface area contributed by atoms with Gasteiger partial charge in [-0.3, -0.25) is 9.59 Å². The van der Waals surface area contributed by atoms with E-state index in [0.29, 0.717) is 28.1 Å². The zero-order valence-corrected chi connectivity index (χ0v) is 26.8. The van der Waals surface area contributed by atoms with E-state index in [4.69, 9.17) is 23.3 Å². The van der Waals surface area contributed by atoms with Gasteiger partial charge in [0.1, 0.15) is 41.4 Å². The molecule has 4 bridgehead atoms. The zero-order chi connectivity index (χ0) is 34.1. The second-order valence-corrected chi connectivity index (χ2v) is 12.9. The Morgan fingerprint density at radius 3 is 2.62 bits per heavy atom. The van der Waals surface area contributed by atoms with Gasteiger partial charge in [-0.2, -0.15) is 0 Å². The minimum Gasteiger partial charge on any atom is -0.469 e. The van der Waals surface area contributed by atoms with Gasteiger partial charge < -0.3 is 39.4 Å². The Kier molecular flexibility index (Phi) is 7.50. The number of halogens is 1. The first-order valence-electron chi connectivity index (χ1n) is 15.6. The van der Waals surface area contributed by atoms with E-state index in [1.54, 1.807) is 32.0 Å². The maximum Gasteiger partial charge on any atom is 0.360 e. The monoisotopic (exact) mass is 659 g/mol. The first-order valence-corrected chi connectivity index (χ1v) is 15.6. The maximum absolute atomic E-state index is 14.6. The lowest BCUT2D eigenvalue weighted by molar-refractivity contribution is -0.135. The molecular weight excluding hydrogens is 625 g/mol. The highest BCUT2D eigenvalue weighted by Gasteiger charge is 2.61. The Morgan fingerprint density at radius 2 is 1.90 bits per heavy atom. The number of ether oxygens (including phenoxy) is 2. The smallest absolute Gasteiger partial charge is 0.360 e. The molecule has 14 heteroatoms. The van der Waals surface area contributed by atoms with Gasteiger partial charge in [0.2, 0.25) is 23.6 Å². The number of benzene rings is 2. The number of fused-ring (bicyclic) bond motifs is 4. The molecule has 4 N–H and O–H groups in total. The van der Waals surface area contributed by atoms with Crippen LogP contribution in [0, 0.1) is 17.7 Å². The molecular formula is C34H34FN5O8. The van der Waals surface area contributed by atoms with Gasteiger partial charge in [-0.25, -0.2) is 19.2 Å². The average Bonchev–Trinajstić information content (AvgIpc) is 3.83. The van der Waals surface area contributed by atoms with Crippen LogP contribution in [0.1, 0.15) is 72.6 Å². The van der Waals surface area contributed by atoms with Crippen molar-refractivity contribution in [3.8, 4) is 17.3 Å². The molecule has 0 aliphatic carbocycles. The number of nitrogens with zero attached hydrogens (tertiary/aromatic N) is 2. The number of aliphatic hydroxyl groups is 1. The summed E-state index contributed by atoms with van der Waals surface area (Å²) >= 11 is 0. The molecule has 0 fully saturated rings. The summed E-state index contributed by atoms with van der Waals surface area (Å²) in [5, 5.41) is 19.5. The van der Waals surface area contributed by atoms with Gasteiger partial charge in [0.25, 0.3) is 0 Å². The lowest BCUT2D eigenvalue weighted by atomic mass is 9.72. The van der Waals surface area contributed by atoms with Crippen LogP contribution >= 0.6 is 0 Å². The van der Waals surface area contributed by atoms with Crippen molar-refractivity contribution in [2.24, 2.45) is 11.8 Å². The van der Waals surface area contributed by atoms with Gasteiger partial charge in [-0.1, -0.05) is 45.9 Å². The van der Waals surface area contributed by atoms with Crippen LogP contribution < -0.4 is 20.7 Å². The number of methoxy groups -OCH3 is 1. The Bertz CT molecular complexity index is 1950. The predicted molar refractivity (Wildman–Crippen MR) is 166 cm³/mol. The van der Waals surface area contributed by atoms with E-state index in [9.17, 15) is 23.9 Å². The highest BCUT2D eigenvalue weighted by molar-refractivity contribution is 5.90. The van der Waals surface area contributed by atoms with E-state index in [1.165, 1.54) is 19.2 Å². The summed E-state index contributed by atoms with van der Waals surface area (Å²) in [6.07, 6.45) is -0.935. The fourth-order valence-corrected chi connectivity index (χ4v) is 6.62. The van der Waals surface area contributed by atoms with Gasteiger partial charge >= 0.3 is 5.97 Å². The van der Waals surface area contributed by atoms with E-state index in [2.05, 4.69) is 20.9 Å². The largest absolute Gasteiger partial charge is 0.469 e. The molecule has 1 spiro atoms. The molecule has 2 amide bonds. The normalized spacial score (nSPS) is 22.9. The Hall–Kier alpha value is -5.24. The van der Waals surface area contributed by atoms with Gasteiger partial charge in [-0.15, -0.1) is 0 Å². The van der Waals surface area contributed by atoms with Gasteiger partial charge in [0.15, 0.2) is 23.4 Å². The zero-order valence-electron chi connectivity index (χ0n) is 26.8. The third-order valence-electron chi connectivity index (χ3n) is 9.11. The number of aromatic nitrogens is 2. The van der Waals surface area contributed by atoms with E-state index < -0.39 is 53.4 Å². The number of aliphatic hydroxyl groups excluding tert-OH is 1. The summed E-state index contributed by atoms with van der Waals surface area (Å²) in [6.45, 7) is 7.14. The minimum atomic E-state index is -1.33. The van der Waals surface area contributed by atoms with Gasteiger partial charge in [-0.05, 0) is 41.2 Å². The average molecular weight is 660 g/mol. The first kappa shape index (κ1) is 31.4. The van der Waals surface area contributed by atoms with Crippen LogP contribution in [0.3, 0.4) is 0 Å². The number of oxazole rings is 2. The molecule has 48 heavy (non-hydrogen) atoms. The van der Waals surface area contributed by atoms with Crippen LogP contribution in [0.25, 0.3) is 11.6 Å². The van der Waals surface area contributed by atoms with Gasteiger partial charge in [0.05, 0.1) is 7.11 Å². The molecule has 2 aromatic carbocycles. The highest BCUT2D eigenvalue weighted by atomic mass is 19.1. The van der Waals surface area contributed by atoms with E-state index in [-0.39, 0.29) is 47.2 Å². The quantitative estimate of drug-likeness (QED) is 0.222. The number of carbonyl (C=O) groups is 3. The molecule has 0 saturated carbocycles. The second kappa shape index (κ2) is 11.5. The third-order valence-corrected chi connectivity index (χ3v) is 9.11. The second-order valence-electron chi connectivity index (χ2n) is 12.9. The number of esters is 1. The fraction of sp³-hybridized carbons (Fsp3) is 0.382. The number of hydrogen-bond acceptors (Lipinski definition) is 11. The summed E-state index contributed by atoms with van der Waals surface area (Å²) in [7, 11) is 1.22. The van der Waals surface area contributed by atoms with Crippen LogP contribution in [0.15, 0.2) is 51.5 Å². The number of anilines is 1. The fourth-order valence-electron chi connectivity index (χ4n) is 6.62. The third kappa shape index (κ3) is 4.81. The number of nitrogens with one attached hydrogen (secondary N) is 3. The van der Waals surface area contributed by atoms with Crippen molar-refractivity contribution in [3.63, 3.8) is 0 Å². The molecule has 0 saturated heterocycles. The first-order chi connectivity index (χ1) is 22.9. The molecule has 0 radical (unpaired) electrons. The van der Waals surface area contributed by atoms with E-state index >= 15 is 0 Å². The van der Waals surface area contributed by atoms with Crippen molar-refractivity contribution in [2.45, 2.75) is 63.9 Å². The van der Waals surface area contributed by atoms with Crippen molar-refractivity contribution < 1.29 is 42.2 Å². The van der Waals surface area contributed by atoms with Crippen LogP contribution in [-0.4, -0.2) is 58.3 Å². The van der Waals surface area contributed by atoms with Crippen LogP contribution in [0.5, 0.6) is 5.75 Å². The number of amides is 2. The summed E-state index contributed by atoms with van der Waals surface area (Å²) < 4.78 is 38.4. The van der Waals surface area contributed by atoms with Crippen LogP contribution in [0.4, 0.5) is 10.1 Å². The summed E-state index contributed by atoms with van der Waals surface area (Å²) in [6, 6.07) is 7.87. The molecule has 5 atom stereocenters. The summed E-state index contributed by atoms with van der Waals surface area (Å²) in [5.41, 5.74) is 1.15. The van der Waals surface area contributed by atoms with Crippen molar-refractivity contribution in [3.05, 3.63) is 82.5 Å². The topological polar surface area (TPSA) is 178 Å². The lowest BCUT2D eigenvalue weighted by Crippen LogP contribution is -2.52. The van der Waals surface area contributed by atoms with Crippen molar-refractivity contribution in [2.75, 3.05) is 12.4 Å². The number of rotatable bonds is 6. The molecule has 4 aromatic rings. The Balaban J connectivity index is 1.49. The van der Waals surface area contributed by atoms with E-state index in [1.807, 2.05) is 19.9 Å². The molecule has 13 nitrogen and oxygen atoms in total. The molecule has 3 unspecified atom stereocenters. The summed E-state index contributed by atoms with van der Waals surface area (Å²) in [4.78, 5) is 48.5. The molecule has 3 aliphatic rings. The minimum absolute atomic E-state index is 0.0507. The Labute approximate surface area is 274 Å². The molecule has 250 valence electrons. The van der Waals surface area contributed by atoms with Crippen molar-refractivity contribution >= 4 is 23.5 Å². The number of hydrogen-bond donors (Lipinski definition) is 4. The SMILES string of the molecule is COC(=O)c1coc(-c2nc3oc2C24c5ccc(F)cc5NC2Oc2ccc(cc24)C[C@H](NC(=O)[C@@H](O)C(C)C)C(=O)NC3C(C)C)n1. The van der Waals surface area contributed by atoms with Crippen molar-refractivity contribution in [1.29, 1.82) is 0 Å². The molecule has 7 rings (SSSR count). The highest BCUT2D eigenvalue weighted by Crippen LogP contribution is 2.59. The van der Waals surface area contributed by atoms with Crippen LogP contribution in [0.2, 0.25) is 0 Å². The lowest BCUT2D eigenvalue weighted by Gasteiger charge is -2.29. The van der Waals surface area contributed by atoms with Crippen LogP contribution in [-0.2, 0) is 26.2 Å². The van der Waals surface area contributed by atoms with Crippen molar-refractivity contribution in [1.82, 2.24) is 20.6 Å². The molecule has 2 aromatic heterocycles. The van der Waals surface area contributed by atoms with Gasteiger partial charge in [0, 0.05) is 17.7 Å². The maximum atomic E-state index is 14.6. The summed E-state index contributed by atoms with van der Waals surface area (Å²) in [5.74, 6) is -2.24. The molecule has 5 heterocycles. The Morgan fingerprint density at radius 1 is 1.10 bits per heavy atom. The van der Waals surface area contributed by atoms with E-state index in [0.717, 1.165) is 6.26 Å². The molecule has 3 aliphatic heterocycles.